The SMILES string of the molecule is COc1ccc(CN/N=C\c2ccc(-c3cccc(C(F)(F)F)c3)o2)cc1OC. The number of hydrazone groups is 1. The zero-order valence-corrected chi connectivity index (χ0v) is 15.8. The highest BCUT2D eigenvalue weighted by Crippen LogP contribution is 2.32. The summed E-state index contributed by atoms with van der Waals surface area (Å²) in [5.74, 6) is 2.00. The zero-order chi connectivity index (χ0) is 20.9. The summed E-state index contributed by atoms with van der Waals surface area (Å²) in [7, 11) is 3.13. The summed E-state index contributed by atoms with van der Waals surface area (Å²) in [5, 5.41) is 4.08. The number of ether oxygens (including phenoxy) is 2. The predicted octanol–water partition coefficient (Wildman–Crippen LogP) is 5.11. The van der Waals surface area contributed by atoms with Crippen molar-refractivity contribution < 1.29 is 27.1 Å². The molecular weight excluding hydrogens is 385 g/mol. The van der Waals surface area contributed by atoms with Crippen LogP contribution in [0.2, 0.25) is 0 Å². The van der Waals surface area contributed by atoms with Crippen LogP contribution in [0.4, 0.5) is 13.2 Å². The molecule has 0 bridgehead atoms. The van der Waals surface area contributed by atoms with Crippen LogP contribution in [0, 0.1) is 0 Å². The summed E-state index contributed by atoms with van der Waals surface area (Å²) in [6.45, 7) is 0.443. The molecule has 0 aliphatic heterocycles. The minimum atomic E-state index is -4.40. The maximum atomic E-state index is 12.8. The number of hydrogen-bond donors (Lipinski definition) is 1. The van der Waals surface area contributed by atoms with Crippen LogP contribution in [0.1, 0.15) is 16.9 Å². The second-order valence-corrected chi connectivity index (χ2v) is 6.06. The Morgan fingerprint density at radius 2 is 1.79 bits per heavy atom. The van der Waals surface area contributed by atoms with Gasteiger partial charge in [0.15, 0.2) is 11.5 Å². The van der Waals surface area contributed by atoms with Crippen molar-refractivity contribution in [2.75, 3.05) is 14.2 Å². The van der Waals surface area contributed by atoms with Crippen LogP contribution in [0.15, 0.2) is 64.1 Å². The molecule has 29 heavy (non-hydrogen) atoms. The van der Waals surface area contributed by atoms with Crippen LogP contribution in [0.3, 0.4) is 0 Å². The molecule has 1 aromatic heterocycles. The Kier molecular flexibility index (Phi) is 6.11. The van der Waals surface area contributed by atoms with E-state index in [1.165, 1.54) is 12.3 Å². The Labute approximate surface area is 165 Å². The van der Waals surface area contributed by atoms with E-state index in [-0.39, 0.29) is 0 Å². The highest BCUT2D eigenvalue weighted by atomic mass is 19.4. The lowest BCUT2D eigenvalue weighted by atomic mass is 10.1. The average Bonchev–Trinajstić information content (AvgIpc) is 3.19. The van der Waals surface area contributed by atoms with Crippen LogP contribution < -0.4 is 14.9 Å². The zero-order valence-electron chi connectivity index (χ0n) is 15.8. The molecule has 3 rings (SSSR count). The number of nitrogens with zero attached hydrogens (tertiary/aromatic N) is 1. The maximum absolute atomic E-state index is 12.8. The van der Waals surface area contributed by atoms with Crippen molar-refractivity contribution in [1.82, 2.24) is 5.43 Å². The first-order chi connectivity index (χ1) is 13.9. The summed E-state index contributed by atoms with van der Waals surface area (Å²) in [4.78, 5) is 0. The van der Waals surface area contributed by atoms with Gasteiger partial charge in [-0.05, 0) is 42.0 Å². The Morgan fingerprint density at radius 1 is 1.00 bits per heavy atom. The molecule has 3 aromatic rings. The highest BCUT2D eigenvalue weighted by Gasteiger charge is 2.30. The van der Waals surface area contributed by atoms with Gasteiger partial charge in [0.05, 0.1) is 32.5 Å². The standard InChI is InChI=1S/C21H19F3N2O3/c1-27-19-8-6-14(10-20(19)28-2)12-25-26-13-17-7-9-18(29-17)15-4-3-5-16(11-15)21(22,23)24/h3-11,13,25H,12H2,1-2H3/b26-13-. The topological polar surface area (TPSA) is 56.0 Å². The van der Waals surface area contributed by atoms with Crippen LogP contribution >= 0.6 is 0 Å². The molecule has 0 atom stereocenters. The highest BCUT2D eigenvalue weighted by molar-refractivity contribution is 5.77. The van der Waals surface area contributed by atoms with Gasteiger partial charge < -0.3 is 19.3 Å². The molecule has 1 heterocycles. The summed E-state index contributed by atoms with van der Waals surface area (Å²) >= 11 is 0. The van der Waals surface area contributed by atoms with Crippen molar-refractivity contribution >= 4 is 6.21 Å². The van der Waals surface area contributed by atoms with Gasteiger partial charge in [-0.1, -0.05) is 18.2 Å². The quantitative estimate of drug-likeness (QED) is 0.439. The third-order valence-electron chi connectivity index (χ3n) is 4.12. The van der Waals surface area contributed by atoms with Gasteiger partial charge in [-0.25, -0.2) is 0 Å². The lowest BCUT2D eigenvalue weighted by Crippen LogP contribution is -2.05. The molecule has 0 unspecified atom stereocenters. The Bertz CT molecular complexity index is 997. The smallest absolute Gasteiger partial charge is 0.416 e. The predicted molar refractivity (Wildman–Crippen MR) is 103 cm³/mol. The van der Waals surface area contributed by atoms with Crippen LogP contribution in [0.5, 0.6) is 11.5 Å². The second-order valence-electron chi connectivity index (χ2n) is 6.06. The first kappa shape index (κ1) is 20.3. The van der Waals surface area contributed by atoms with Gasteiger partial charge in [-0.15, -0.1) is 0 Å². The normalized spacial score (nSPS) is 11.6. The van der Waals surface area contributed by atoms with E-state index >= 15 is 0 Å². The van der Waals surface area contributed by atoms with Crippen molar-refractivity contribution in [3.05, 3.63) is 71.5 Å². The molecule has 0 saturated carbocycles. The monoisotopic (exact) mass is 404 g/mol. The van der Waals surface area contributed by atoms with E-state index in [1.54, 1.807) is 38.5 Å². The second kappa shape index (κ2) is 8.72. The third-order valence-corrected chi connectivity index (χ3v) is 4.12. The number of hydrogen-bond acceptors (Lipinski definition) is 5. The molecule has 1 N–H and O–H groups in total. The number of benzene rings is 2. The first-order valence-electron chi connectivity index (χ1n) is 8.65. The summed E-state index contributed by atoms with van der Waals surface area (Å²) in [5.41, 5.74) is 3.44. The molecule has 0 amide bonds. The largest absolute Gasteiger partial charge is 0.493 e. The number of halogens is 3. The van der Waals surface area contributed by atoms with E-state index < -0.39 is 11.7 Å². The van der Waals surface area contributed by atoms with E-state index in [9.17, 15) is 13.2 Å². The number of rotatable bonds is 7. The van der Waals surface area contributed by atoms with Crippen LogP contribution in [-0.4, -0.2) is 20.4 Å². The minimum Gasteiger partial charge on any atom is -0.493 e. The Morgan fingerprint density at radius 3 is 2.52 bits per heavy atom. The number of furan rings is 1. The van der Waals surface area contributed by atoms with Gasteiger partial charge in [-0.2, -0.15) is 18.3 Å². The van der Waals surface area contributed by atoms with Crippen molar-refractivity contribution in [3.8, 4) is 22.8 Å². The molecule has 152 valence electrons. The summed E-state index contributed by atoms with van der Waals surface area (Å²) < 4.78 is 54.6. The number of methoxy groups -OCH3 is 2. The molecule has 0 radical (unpaired) electrons. The van der Waals surface area contributed by atoms with Crippen molar-refractivity contribution in [2.24, 2.45) is 5.10 Å². The van der Waals surface area contributed by atoms with E-state index in [0.29, 0.717) is 35.1 Å². The fourth-order valence-corrected chi connectivity index (χ4v) is 2.66. The fraction of sp³-hybridized carbons (Fsp3) is 0.190. The Hall–Kier alpha value is -3.42. The molecule has 0 saturated heterocycles. The van der Waals surface area contributed by atoms with Gasteiger partial charge in [0.1, 0.15) is 11.5 Å². The van der Waals surface area contributed by atoms with E-state index in [1.807, 2.05) is 12.1 Å². The molecule has 0 spiro atoms. The molecular formula is C21H19F3N2O3. The minimum absolute atomic E-state index is 0.331. The molecule has 8 heteroatoms. The third kappa shape index (κ3) is 5.10. The van der Waals surface area contributed by atoms with Gasteiger partial charge in [0.2, 0.25) is 0 Å². The Balaban J connectivity index is 1.63. The van der Waals surface area contributed by atoms with Crippen LogP contribution in [0.25, 0.3) is 11.3 Å². The van der Waals surface area contributed by atoms with Crippen LogP contribution in [-0.2, 0) is 12.7 Å². The molecule has 0 aliphatic rings. The van der Waals surface area contributed by atoms with E-state index in [0.717, 1.165) is 17.7 Å². The lowest BCUT2D eigenvalue weighted by Gasteiger charge is -2.09. The maximum Gasteiger partial charge on any atom is 0.416 e. The van der Waals surface area contributed by atoms with Gasteiger partial charge in [-0.3, -0.25) is 0 Å². The molecule has 0 fully saturated rings. The molecule has 2 aromatic carbocycles. The molecule has 0 aliphatic carbocycles. The van der Waals surface area contributed by atoms with Gasteiger partial charge >= 0.3 is 6.18 Å². The average molecular weight is 404 g/mol. The van der Waals surface area contributed by atoms with Gasteiger partial charge in [0, 0.05) is 5.56 Å². The van der Waals surface area contributed by atoms with Crippen molar-refractivity contribution in [1.29, 1.82) is 0 Å². The van der Waals surface area contributed by atoms with Gasteiger partial charge in [0.25, 0.3) is 0 Å². The van der Waals surface area contributed by atoms with Crippen molar-refractivity contribution in [3.63, 3.8) is 0 Å². The number of alkyl halides is 3. The summed E-state index contributed by atoms with van der Waals surface area (Å²) in [6.07, 6.45) is -2.95. The summed E-state index contributed by atoms with van der Waals surface area (Å²) in [6, 6.07) is 13.7. The first-order valence-corrected chi connectivity index (χ1v) is 8.65. The lowest BCUT2D eigenvalue weighted by molar-refractivity contribution is -0.137. The van der Waals surface area contributed by atoms with Crippen molar-refractivity contribution in [2.45, 2.75) is 12.7 Å². The van der Waals surface area contributed by atoms with E-state index in [2.05, 4.69) is 10.5 Å². The van der Waals surface area contributed by atoms with E-state index in [4.69, 9.17) is 13.9 Å². The molecule has 5 nitrogen and oxygen atoms in total. The number of nitrogens with one attached hydrogen (secondary N) is 1. The fourth-order valence-electron chi connectivity index (χ4n) is 2.66.